The average Bonchev–Trinajstić information content (AvgIpc) is 3.24. The smallest absolute Gasteiger partial charge is 0.418 e. The number of nitrogen functional groups attached to an aromatic ring is 1. The predicted molar refractivity (Wildman–Crippen MR) is 156 cm³/mol. The number of alkyl halides is 5. The molecule has 2 aromatic rings. The van der Waals surface area contributed by atoms with Crippen molar-refractivity contribution in [3.05, 3.63) is 46.4 Å². The third kappa shape index (κ3) is 6.51. The molecule has 4 heterocycles. The van der Waals surface area contributed by atoms with Crippen LogP contribution in [0.1, 0.15) is 34.4 Å². The van der Waals surface area contributed by atoms with E-state index in [1.807, 2.05) is 4.90 Å². The van der Waals surface area contributed by atoms with Gasteiger partial charge in [0.2, 0.25) is 0 Å². The minimum absolute atomic E-state index is 0.0320. The van der Waals surface area contributed by atoms with Crippen LogP contribution in [0.15, 0.2) is 18.5 Å². The summed E-state index contributed by atoms with van der Waals surface area (Å²) in [6, 6.07) is 0.461. The Kier molecular flexibility index (Phi) is 8.63. The summed E-state index contributed by atoms with van der Waals surface area (Å²) in [5, 5.41) is 7.85. The highest BCUT2D eigenvalue weighted by Crippen LogP contribution is 2.44. The monoisotopic (exact) mass is 640 g/mol. The van der Waals surface area contributed by atoms with Gasteiger partial charge in [-0.1, -0.05) is 6.58 Å². The van der Waals surface area contributed by atoms with Crippen molar-refractivity contribution in [1.82, 2.24) is 19.8 Å². The summed E-state index contributed by atoms with van der Waals surface area (Å²) in [6.07, 6.45) is -4.11. The number of likely N-dealkylation sites (tertiary alicyclic amines) is 1. The number of fused-ring (bicyclic) bond motifs is 1. The van der Waals surface area contributed by atoms with Crippen LogP contribution in [-0.4, -0.2) is 96.8 Å². The zero-order valence-electron chi connectivity index (χ0n) is 24.9. The van der Waals surface area contributed by atoms with Crippen molar-refractivity contribution in [2.75, 3.05) is 68.5 Å². The second kappa shape index (κ2) is 12.0. The molecule has 3 N–H and O–H groups in total. The molecule has 2 saturated heterocycles. The van der Waals surface area contributed by atoms with E-state index in [0.29, 0.717) is 17.1 Å². The number of rotatable bonds is 7. The minimum Gasteiger partial charge on any atom is -0.462 e. The number of aryl methyl sites for hydroxylation is 1. The fraction of sp³-hybridized carbons (Fsp3) is 0.517. The molecule has 1 aromatic heterocycles. The molecule has 0 radical (unpaired) electrons. The number of hydrogen-bond acceptors (Lipinski definition) is 9. The van der Waals surface area contributed by atoms with Gasteiger partial charge >= 0.3 is 12.2 Å². The molecule has 3 aliphatic heterocycles. The Morgan fingerprint density at radius 3 is 2.47 bits per heavy atom. The van der Waals surface area contributed by atoms with Crippen molar-refractivity contribution >= 4 is 29.3 Å². The Balaban J connectivity index is 1.50. The third-order valence-electron chi connectivity index (χ3n) is 8.48. The van der Waals surface area contributed by atoms with Crippen LogP contribution in [0.2, 0.25) is 0 Å². The van der Waals surface area contributed by atoms with Gasteiger partial charge in [0.15, 0.2) is 5.83 Å². The SMILES string of the molecule is C=C(F)C(=O)N1CCN(c2nc(OC[C@@H]3CC(F)(F)CN3C)nc3c2CCN(c2c(C=N)c(N)cc(C)c2C(F)(F)F)C3)CC1. The van der Waals surface area contributed by atoms with E-state index < -0.39 is 48.4 Å². The summed E-state index contributed by atoms with van der Waals surface area (Å²) in [5.41, 5.74) is 5.84. The van der Waals surface area contributed by atoms with Crippen LogP contribution in [-0.2, 0) is 23.9 Å². The lowest BCUT2D eigenvalue weighted by Crippen LogP contribution is -2.49. The fourth-order valence-corrected chi connectivity index (χ4v) is 6.29. The van der Waals surface area contributed by atoms with Gasteiger partial charge in [0, 0.05) is 68.2 Å². The molecule has 0 spiro atoms. The van der Waals surface area contributed by atoms with E-state index in [1.165, 1.54) is 27.7 Å². The fourth-order valence-electron chi connectivity index (χ4n) is 6.29. The van der Waals surface area contributed by atoms with Crippen LogP contribution >= 0.6 is 0 Å². The van der Waals surface area contributed by atoms with Crippen LogP contribution in [0, 0.1) is 12.3 Å². The van der Waals surface area contributed by atoms with E-state index in [9.17, 15) is 31.1 Å². The van der Waals surface area contributed by atoms with Crippen LogP contribution in [0.4, 0.5) is 43.5 Å². The summed E-state index contributed by atoms with van der Waals surface area (Å²) < 4.78 is 90.3. The molecule has 0 bridgehead atoms. The second-order valence-electron chi connectivity index (χ2n) is 11.6. The van der Waals surface area contributed by atoms with Gasteiger partial charge in [-0.15, -0.1) is 0 Å². The number of piperazine rings is 1. The number of ether oxygens (including phenoxy) is 1. The number of nitrogens with two attached hydrogens (primary N) is 1. The standard InChI is InChI=1S/C29H34F6N8O2/c1-16-10-21(37)20(12-36)24(23(16)29(33,34)35)43-5-4-19-22(13-43)38-27(45-14-18-11-28(31,32)15-40(18)3)39-25(19)41-6-8-42(9-7-41)26(44)17(2)30/h10,12,18,36H,2,4-9,11,13-15,37H2,1,3H3/t18-/m0/s1. The molecule has 3 aliphatic rings. The number of carbonyl (C=O) groups is 1. The Morgan fingerprint density at radius 1 is 1.20 bits per heavy atom. The number of amides is 1. The van der Waals surface area contributed by atoms with E-state index in [2.05, 4.69) is 16.5 Å². The maximum Gasteiger partial charge on any atom is 0.418 e. The molecule has 1 amide bonds. The number of nitrogens with one attached hydrogen (secondary N) is 1. The maximum atomic E-state index is 14.3. The highest BCUT2D eigenvalue weighted by Gasteiger charge is 2.44. The zero-order chi connectivity index (χ0) is 32.8. The van der Waals surface area contributed by atoms with Crippen LogP contribution in [0.3, 0.4) is 0 Å². The summed E-state index contributed by atoms with van der Waals surface area (Å²) >= 11 is 0. The van der Waals surface area contributed by atoms with Gasteiger partial charge in [0.25, 0.3) is 11.8 Å². The molecular weight excluding hydrogens is 606 g/mol. The quantitative estimate of drug-likeness (QED) is 0.204. The van der Waals surface area contributed by atoms with Crippen molar-refractivity contribution in [3.63, 3.8) is 0 Å². The van der Waals surface area contributed by atoms with Crippen molar-refractivity contribution in [1.29, 1.82) is 5.41 Å². The van der Waals surface area contributed by atoms with Crippen molar-refractivity contribution in [2.45, 2.75) is 44.5 Å². The summed E-state index contributed by atoms with van der Waals surface area (Å²) in [4.78, 5) is 27.4. The molecule has 5 rings (SSSR count). The lowest BCUT2D eigenvalue weighted by Gasteiger charge is -2.38. The first kappa shape index (κ1) is 32.3. The number of likely N-dealkylation sites (N-methyl/N-ethyl adjacent to an activating group) is 1. The first-order valence-electron chi connectivity index (χ1n) is 14.3. The molecule has 2 fully saturated rings. The number of benzene rings is 1. The summed E-state index contributed by atoms with van der Waals surface area (Å²) in [5.74, 6) is -4.30. The Bertz CT molecular complexity index is 1510. The summed E-state index contributed by atoms with van der Waals surface area (Å²) in [6.45, 7) is 4.73. The second-order valence-corrected chi connectivity index (χ2v) is 11.6. The molecule has 0 unspecified atom stereocenters. The number of anilines is 3. The van der Waals surface area contributed by atoms with Crippen LogP contribution in [0.25, 0.3) is 0 Å². The molecular formula is C29H34F6N8O2. The lowest BCUT2D eigenvalue weighted by molar-refractivity contribution is -0.137. The maximum absolute atomic E-state index is 14.3. The third-order valence-corrected chi connectivity index (χ3v) is 8.48. The van der Waals surface area contributed by atoms with E-state index in [4.69, 9.17) is 15.9 Å². The van der Waals surface area contributed by atoms with Crippen molar-refractivity contribution in [2.24, 2.45) is 0 Å². The van der Waals surface area contributed by atoms with Gasteiger partial charge < -0.3 is 30.6 Å². The average molecular weight is 641 g/mol. The molecule has 244 valence electrons. The molecule has 16 heteroatoms. The van der Waals surface area contributed by atoms with E-state index in [0.717, 1.165) is 6.21 Å². The normalized spacial score (nSPS) is 20.3. The number of nitrogens with zero attached hydrogens (tertiary/aromatic N) is 6. The van der Waals surface area contributed by atoms with Crippen molar-refractivity contribution < 1.29 is 35.9 Å². The zero-order valence-corrected chi connectivity index (χ0v) is 24.9. The number of aromatic nitrogens is 2. The molecule has 10 nitrogen and oxygen atoms in total. The highest BCUT2D eigenvalue weighted by molar-refractivity contribution is 5.95. The largest absolute Gasteiger partial charge is 0.462 e. The Hall–Kier alpha value is -4.08. The van der Waals surface area contributed by atoms with Gasteiger partial charge in [-0.05, 0) is 32.0 Å². The van der Waals surface area contributed by atoms with E-state index in [-0.39, 0.29) is 80.8 Å². The van der Waals surface area contributed by atoms with Crippen molar-refractivity contribution in [3.8, 4) is 6.01 Å². The molecule has 0 saturated carbocycles. The Labute approximate surface area is 255 Å². The number of hydrogen-bond donors (Lipinski definition) is 2. The first-order chi connectivity index (χ1) is 21.1. The number of halogens is 6. The van der Waals surface area contributed by atoms with Gasteiger partial charge in [-0.2, -0.15) is 23.1 Å². The van der Waals surface area contributed by atoms with Gasteiger partial charge in [-0.3, -0.25) is 9.69 Å². The molecule has 0 aliphatic carbocycles. The molecule has 1 atom stereocenters. The predicted octanol–water partition coefficient (Wildman–Crippen LogP) is 3.80. The van der Waals surface area contributed by atoms with Crippen LogP contribution in [0.5, 0.6) is 6.01 Å². The Morgan fingerprint density at radius 2 is 1.89 bits per heavy atom. The molecule has 1 aromatic carbocycles. The number of carbonyl (C=O) groups excluding carboxylic acids is 1. The highest BCUT2D eigenvalue weighted by atomic mass is 19.4. The van der Waals surface area contributed by atoms with Gasteiger partial charge in [0.1, 0.15) is 12.4 Å². The van der Waals surface area contributed by atoms with Crippen LogP contribution < -0.4 is 20.3 Å². The topological polar surface area (TPSA) is 115 Å². The van der Waals surface area contributed by atoms with E-state index >= 15 is 0 Å². The molecule has 45 heavy (non-hydrogen) atoms. The lowest BCUT2D eigenvalue weighted by atomic mass is 9.96. The minimum atomic E-state index is -4.73. The first-order valence-corrected chi connectivity index (χ1v) is 14.3. The van der Waals surface area contributed by atoms with Gasteiger partial charge in [0.05, 0.1) is 30.0 Å². The summed E-state index contributed by atoms with van der Waals surface area (Å²) in [7, 11) is 1.56. The van der Waals surface area contributed by atoms with E-state index in [1.54, 1.807) is 7.05 Å². The van der Waals surface area contributed by atoms with Gasteiger partial charge in [-0.25, -0.2) is 13.2 Å².